The summed E-state index contributed by atoms with van der Waals surface area (Å²) in [5, 5.41) is 0. The van der Waals surface area contributed by atoms with Crippen LogP contribution < -0.4 is 0 Å². The summed E-state index contributed by atoms with van der Waals surface area (Å²) < 4.78 is 108. The maximum absolute atomic E-state index is 13.6. The number of morpholine rings is 1. The first kappa shape index (κ1) is 30.6. The molecule has 39 heavy (non-hydrogen) atoms. The van der Waals surface area contributed by atoms with Crippen LogP contribution in [0.1, 0.15) is 55.2 Å². The minimum Gasteiger partial charge on any atom is -0.349 e. The van der Waals surface area contributed by atoms with Crippen LogP contribution in [-0.2, 0) is 21.8 Å². The Morgan fingerprint density at radius 2 is 1.62 bits per heavy atom. The van der Waals surface area contributed by atoms with Crippen molar-refractivity contribution in [3.05, 3.63) is 70.5 Å². The van der Waals surface area contributed by atoms with Gasteiger partial charge in [-0.2, -0.15) is 26.3 Å². The lowest BCUT2D eigenvalue weighted by Crippen LogP contribution is -2.46. The van der Waals surface area contributed by atoms with Crippen molar-refractivity contribution in [2.24, 2.45) is 0 Å². The molecule has 1 aliphatic heterocycles. The predicted octanol–water partition coefficient (Wildman–Crippen LogP) is 6.47. The highest BCUT2D eigenvalue weighted by molar-refractivity contribution is 5.73. The fraction of sp³-hybridized carbons (Fsp3) is 0.464. The Kier molecular flexibility index (Phi) is 10.2. The van der Waals surface area contributed by atoms with Gasteiger partial charge in [0.05, 0.1) is 36.4 Å². The predicted molar refractivity (Wildman–Crippen MR) is 132 cm³/mol. The molecule has 0 radical (unpaired) electrons. The van der Waals surface area contributed by atoms with Crippen molar-refractivity contribution in [1.29, 1.82) is 0 Å². The summed E-state index contributed by atoms with van der Waals surface area (Å²) in [5.41, 5.74) is -2.56. The highest BCUT2D eigenvalue weighted by Gasteiger charge is 2.39. The number of halogens is 7. The number of benzene rings is 2. The molecular formula is C28H30F7N2O2+. The summed E-state index contributed by atoms with van der Waals surface area (Å²) in [6, 6.07) is 6.29. The number of alkyl halides is 6. The van der Waals surface area contributed by atoms with Crippen LogP contribution in [0.2, 0.25) is 0 Å². The normalized spacial score (nSPS) is 19.2. The molecule has 1 saturated heterocycles. The third-order valence-corrected chi connectivity index (χ3v) is 6.38. The molecule has 4 nitrogen and oxygen atoms in total. The summed E-state index contributed by atoms with van der Waals surface area (Å²) in [5.74, 6) is 5.59. The molecule has 1 aliphatic rings. The zero-order chi connectivity index (χ0) is 28.8. The van der Waals surface area contributed by atoms with Gasteiger partial charge in [0, 0.05) is 6.54 Å². The molecule has 1 heterocycles. The number of nitrogens with zero attached hydrogens (tertiary/aromatic N) is 2. The monoisotopic (exact) mass is 559 g/mol. The summed E-state index contributed by atoms with van der Waals surface area (Å²) in [6.07, 6.45) is -10.5. The fourth-order valence-corrected chi connectivity index (χ4v) is 4.19. The van der Waals surface area contributed by atoms with Crippen molar-refractivity contribution in [1.82, 2.24) is 4.90 Å². The second-order valence-electron chi connectivity index (χ2n) is 8.99. The average Bonchev–Trinajstić information content (AvgIpc) is 2.88. The fourth-order valence-electron chi connectivity index (χ4n) is 4.19. The minimum absolute atomic E-state index is 0.0737. The average molecular weight is 560 g/mol. The summed E-state index contributed by atoms with van der Waals surface area (Å²) in [4.78, 5) is 1.92. The summed E-state index contributed by atoms with van der Waals surface area (Å²) >= 11 is 0. The van der Waals surface area contributed by atoms with E-state index in [0.717, 1.165) is 13.1 Å². The first-order chi connectivity index (χ1) is 18.3. The van der Waals surface area contributed by atoms with Crippen LogP contribution in [-0.4, -0.2) is 54.8 Å². The highest BCUT2D eigenvalue weighted by Crippen LogP contribution is 2.39. The Bertz CT molecular complexity index is 1160. The van der Waals surface area contributed by atoms with Crippen LogP contribution in [0.5, 0.6) is 0 Å². The molecular weight excluding hydrogens is 529 g/mol. The highest BCUT2D eigenvalue weighted by atomic mass is 19.4. The van der Waals surface area contributed by atoms with Gasteiger partial charge in [-0.15, -0.1) is 0 Å². The van der Waals surface area contributed by atoms with E-state index in [9.17, 15) is 30.7 Å². The maximum atomic E-state index is 13.6. The summed E-state index contributed by atoms with van der Waals surface area (Å²) in [6.45, 7) is 7.84. The topological polar surface area (TPSA) is 24.7 Å². The maximum Gasteiger partial charge on any atom is 0.416 e. The second-order valence-corrected chi connectivity index (χ2v) is 8.99. The minimum atomic E-state index is -4.98. The molecule has 0 aliphatic carbocycles. The van der Waals surface area contributed by atoms with Crippen LogP contribution >= 0.6 is 0 Å². The van der Waals surface area contributed by atoms with Crippen molar-refractivity contribution < 1.29 is 44.8 Å². The van der Waals surface area contributed by atoms with Gasteiger partial charge < -0.3 is 9.47 Å². The van der Waals surface area contributed by atoms with Gasteiger partial charge in [-0.3, -0.25) is 4.90 Å². The molecule has 0 unspecified atom stereocenters. The molecule has 212 valence electrons. The Morgan fingerprint density at radius 3 is 2.15 bits per heavy atom. The molecule has 11 heteroatoms. The lowest BCUT2D eigenvalue weighted by atomic mass is 10.0. The van der Waals surface area contributed by atoms with E-state index >= 15 is 0 Å². The van der Waals surface area contributed by atoms with E-state index in [1.54, 1.807) is 6.21 Å². The zero-order valence-corrected chi connectivity index (χ0v) is 21.7. The van der Waals surface area contributed by atoms with Crippen LogP contribution in [0.3, 0.4) is 0 Å². The molecule has 3 rings (SSSR count). The van der Waals surface area contributed by atoms with Gasteiger partial charge in [-0.1, -0.05) is 18.1 Å². The Labute approximate surface area is 223 Å². The van der Waals surface area contributed by atoms with Gasteiger partial charge in [0.15, 0.2) is 6.29 Å². The van der Waals surface area contributed by atoms with E-state index in [2.05, 4.69) is 11.8 Å². The van der Waals surface area contributed by atoms with E-state index in [4.69, 9.17) is 9.47 Å². The van der Waals surface area contributed by atoms with Gasteiger partial charge in [0.2, 0.25) is 6.21 Å². The molecule has 0 amide bonds. The number of hydrogen-bond acceptors (Lipinski definition) is 3. The molecule has 0 N–H and O–H groups in total. The standard InChI is InChI=1S/C28H30F7N2O2/c1-4-36(5-2)12-6-7-13-37-14-15-38-26(25(37)20-8-10-24(29)11-9-20)39-19(3)21-16-22(27(30,31)32)18-23(17-21)28(33,34)35/h8-12,16-19,25-26H,4-5,13-15H2,1-3H3/q+1/t19-,25+,26-/m1/s1. The lowest BCUT2D eigenvalue weighted by molar-refractivity contribution is -0.515. The Morgan fingerprint density at radius 1 is 1.03 bits per heavy atom. The SMILES string of the molecule is CC[N+](=CC#CCN1CCO[C@H](O[C@H](C)c2cc(C(F)(F)F)cc(C(F)(F)F)c2)[C@@H]1c1ccc(F)cc1)CC. The molecule has 2 aromatic carbocycles. The van der Waals surface area contributed by atoms with Crippen LogP contribution in [0.4, 0.5) is 30.7 Å². The van der Waals surface area contributed by atoms with Gasteiger partial charge in [0.25, 0.3) is 0 Å². The quantitative estimate of drug-likeness (QED) is 0.168. The Hall–Kier alpha value is -2.94. The van der Waals surface area contributed by atoms with Gasteiger partial charge >= 0.3 is 12.4 Å². The van der Waals surface area contributed by atoms with Crippen molar-refractivity contribution in [3.63, 3.8) is 0 Å². The Balaban J connectivity index is 1.93. The van der Waals surface area contributed by atoms with Crippen molar-refractivity contribution >= 4 is 6.21 Å². The van der Waals surface area contributed by atoms with Crippen LogP contribution in [0, 0.1) is 17.7 Å². The van der Waals surface area contributed by atoms with Crippen molar-refractivity contribution in [2.45, 2.75) is 51.6 Å². The van der Waals surface area contributed by atoms with Gasteiger partial charge in [0.1, 0.15) is 18.9 Å². The third kappa shape index (κ3) is 8.27. The number of rotatable bonds is 7. The van der Waals surface area contributed by atoms with Crippen LogP contribution in [0.25, 0.3) is 0 Å². The van der Waals surface area contributed by atoms with Gasteiger partial charge in [-0.25, -0.2) is 8.97 Å². The second kappa shape index (κ2) is 12.9. The third-order valence-electron chi connectivity index (χ3n) is 6.38. The number of ether oxygens (including phenoxy) is 2. The van der Waals surface area contributed by atoms with E-state index in [0.29, 0.717) is 24.2 Å². The molecule has 0 spiro atoms. The first-order valence-electron chi connectivity index (χ1n) is 12.4. The van der Waals surface area contributed by atoms with E-state index in [-0.39, 0.29) is 24.8 Å². The van der Waals surface area contributed by atoms with E-state index in [1.807, 2.05) is 23.3 Å². The molecule has 2 aromatic rings. The largest absolute Gasteiger partial charge is 0.416 e. The molecule has 0 aromatic heterocycles. The smallest absolute Gasteiger partial charge is 0.349 e. The zero-order valence-electron chi connectivity index (χ0n) is 21.7. The first-order valence-corrected chi connectivity index (χ1v) is 12.4. The summed E-state index contributed by atoms with van der Waals surface area (Å²) in [7, 11) is 0. The molecule has 0 saturated carbocycles. The van der Waals surface area contributed by atoms with E-state index in [1.165, 1.54) is 31.2 Å². The van der Waals surface area contributed by atoms with Gasteiger partial charge in [-0.05, 0) is 68.2 Å². The van der Waals surface area contributed by atoms with E-state index < -0.39 is 47.7 Å². The lowest BCUT2D eigenvalue weighted by Gasteiger charge is -2.41. The number of hydrogen-bond donors (Lipinski definition) is 0. The van der Waals surface area contributed by atoms with Crippen molar-refractivity contribution in [2.75, 3.05) is 32.8 Å². The van der Waals surface area contributed by atoms with Crippen LogP contribution in [0.15, 0.2) is 42.5 Å². The molecule has 3 atom stereocenters. The molecule has 1 fully saturated rings. The molecule has 0 bridgehead atoms. The van der Waals surface area contributed by atoms with Crippen molar-refractivity contribution in [3.8, 4) is 11.8 Å².